The first-order chi connectivity index (χ1) is 10.2. The molecule has 108 valence electrons. The van der Waals surface area contributed by atoms with Crippen LogP contribution in [0.4, 0.5) is 0 Å². The molecule has 0 aliphatic rings. The lowest BCUT2D eigenvalue weighted by atomic mass is 10.2. The summed E-state index contributed by atoms with van der Waals surface area (Å²) in [5.74, 6) is 0.656. The van der Waals surface area contributed by atoms with Gasteiger partial charge in [-0.1, -0.05) is 12.1 Å². The molecule has 0 unspecified atom stereocenters. The predicted molar refractivity (Wildman–Crippen MR) is 81.0 cm³/mol. The average molecular weight is 283 g/mol. The molecule has 6 nitrogen and oxygen atoms in total. The topological polar surface area (TPSA) is 75.6 Å². The first-order valence-electron chi connectivity index (χ1n) is 6.89. The van der Waals surface area contributed by atoms with Gasteiger partial charge in [0.15, 0.2) is 0 Å². The van der Waals surface area contributed by atoms with E-state index in [1.807, 2.05) is 36.0 Å². The van der Waals surface area contributed by atoms with Crippen molar-refractivity contribution in [2.24, 2.45) is 7.05 Å². The van der Waals surface area contributed by atoms with E-state index in [1.165, 1.54) is 5.69 Å². The second kappa shape index (κ2) is 5.88. The number of nitrogens with zero attached hydrogens (tertiary/aromatic N) is 3. The minimum Gasteiger partial charge on any atom is -0.310 e. The quantitative estimate of drug-likeness (QED) is 0.685. The van der Waals surface area contributed by atoms with E-state index in [0.717, 1.165) is 18.5 Å². The van der Waals surface area contributed by atoms with Crippen LogP contribution in [-0.4, -0.2) is 26.3 Å². The number of fused-ring (bicyclic) bond motifs is 1. The lowest BCUT2D eigenvalue weighted by Gasteiger charge is -2.06. The molecule has 0 saturated carbocycles. The molecular weight excluding hydrogens is 266 g/mol. The maximum absolute atomic E-state index is 11.9. The number of rotatable bonds is 5. The van der Waals surface area contributed by atoms with Crippen LogP contribution in [-0.2, 0) is 20.0 Å². The zero-order chi connectivity index (χ0) is 14.7. The number of hydrogen-bond acceptors (Lipinski definition) is 4. The highest BCUT2D eigenvalue weighted by Crippen LogP contribution is 2.05. The summed E-state index contributed by atoms with van der Waals surface area (Å²) in [4.78, 5) is 19.2. The minimum absolute atomic E-state index is 0.0935. The number of aromatic nitrogens is 4. The fourth-order valence-corrected chi connectivity index (χ4v) is 2.29. The summed E-state index contributed by atoms with van der Waals surface area (Å²) in [6, 6.07) is 9.35. The van der Waals surface area contributed by atoms with Gasteiger partial charge in [-0.3, -0.25) is 9.48 Å². The Balaban J connectivity index is 1.63. The fourth-order valence-electron chi connectivity index (χ4n) is 2.29. The molecule has 6 heteroatoms. The van der Waals surface area contributed by atoms with Crippen LogP contribution in [0.3, 0.4) is 0 Å². The minimum atomic E-state index is -0.0935. The molecule has 0 radical (unpaired) electrons. The van der Waals surface area contributed by atoms with Gasteiger partial charge in [0.25, 0.3) is 5.56 Å². The van der Waals surface area contributed by atoms with Crippen molar-refractivity contribution in [2.45, 2.75) is 13.0 Å². The summed E-state index contributed by atoms with van der Waals surface area (Å²) in [6.45, 7) is 1.34. The van der Waals surface area contributed by atoms with Crippen LogP contribution in [0.2, 0.25) is 0 Å². The number of aromatic amines is 1. The normalized spacial score (nSPS) is 11.1. The third kappa shape index (κ3) is 3.00. The molecule has 0 bridgehead atoms. The predicted octanol–water partition coefficient (Wildman–Crippen LogP) is 0.989. The van der Waals surface area contributed by atoms with Crippen LogP contribution in [0, 0.1) is 0 Å². The van der Waals surface area contributed by atoms with Crippen LogP contribution in [0.15, 0.2) is 41.3 Å². The van der Waals surface area contributed by atoms with E-state index in [4.69, 9.17) is 0 Å². The molecule has 2 aromatic heterocycles. The summed E-state index contributed by atoms with van der Waals surface area (Å²) in [5, 5.41) is 8.04. The Bertz CT molecular complexity index is 805. The highest BCUT2D eigenvalue weighted by atomic mass is 16.1. The standard InChI is InChI=1S/C15H17N5O/c1-20-11(7-9-17-20)6-8-16-10-14-18-13-5-3-2-4-12(13)15(21)19-14/h2-5,7,9,16H,6,8,10H2,1H3,(H,18,19,21). The molecule has 21 heavy (non-hydrogen) atoms. The highest BCUT2D eigenvalue weighted by Gasteiger charge is 2.03. The molecule has 0 spiro atoms. The van der Waals surface area contributed by atoms with E-state index in [2.05, 4.69) is 20.4 Å². The van der Waals surface area contributed by atoms with E-state index in [9.17, 15) is 4.79 Å². The summed E-state index contributed by atoms with van der Waals surface area (Å²) >= 11 is 0. The molecule has 0 saturated heterocycles. The van der Waals surface area contributed by atoms with Crippen LogP contribution >= 0.6 is 0 Å². The molecule has 1 aromatic carbocycles. The Labute approximate surface area is 121 Å². The molecular formula is C15H17N5O. The largest absolute Gasteiger partial charge is 0.310 e. The van der Waals surface area contributed by atoms with Crippen molar-refractivity contribution < 1.29 is 0 Å². The zero-order valence-electron chi connectivity index (χ0n) is 11.8. The number of aryl methyl sites for hydroxylation is 1. The molecule has 0 fully saturated rings. The first-order valence-corrected chi connectivity index (χ1v) is 6.89. The number of benzene rings is 1. The van der Waals surface area contributed by atoms with Crippen molar-refractivity contribution in [1.29, 1.82) is 0 Å². The summed E-state index contributed by atoms with van der Waals surface area (Å²) in [7, 11) is 1.93. The Hall–Kier alpha value is -2.47. The molecule has 0 amide bonds. The second-order valence-corrected chi connectivity index (χ2v) is 4.90. The van der Waals surface area contributed by atoms with Gasteiger partial charge in [-0.2, -0.15) is 5.10 Å². The van der Waals surface area contributed by atoms with Gasteiger partial charge in [0.1, 0.15) is 5.82 Å². The highest BCUT2D eigenvalue weighted by molar-refractivity contribution is 5.77. The van der Waals surface area contributed by atoms with Gasteiger partial charge >= 0.3 is 0 Å². The maximum Gasteiger partial charge on any atom is 0.258 e. The number of nitrogens with one attached hydrogen (secondary N) is 2. The Morgan fingerprint density at radius 1 is 1.29 bits per heavy atom. The van der Waals surface area contributed by atoms with E-state index in [0.29, 0.717) is 17.8 Å². The third-order valence-electron chi connectivity index (χ3n) is 3.43. The van der Waals surface area contributed by atoms with Crippen molar-refractivity contribution in [2.75, 3.05) is 6.54 Å². The van der Waals surface area contributed by atoms with Gasteiger partial charge in [0, 0.05) is 31.9 Å². The number of hydrogen-bond donors (Lipinski definition) is 2. The monoisotopic (exact) mass is 283 g/mol. The zero-order valence-corrected chi connectivity index (χ0v) is 11.8. The van der Waals surface area contributed by atoms with Crippen LogP contribution < -0.4 is 10.9 Å². The van der Waals surface area contributed by atoms with E-state index < -0.39 is 0 Å². The first kappa shape index (κ1) is 13.5. The smallest absolute Gasteiger partial charge is 0.258 e. The molecule has 0 aliphatic heterocycles. The van der Waals surface area contributed by atoms with Crippen molar-refractivity contribution in [3.63, 3.8) is 0 Å². The van der Waals surface area contributed by atoms with Crippen LogP contribution in [0.1, 0.15) is 11.5 Å². The molecule has 2 heterocycles. The molecule has 3 aromatic rings. The fraction of sp³-hybridized carbons (Fsp3) is 0.267. The Morgan fingerprint density at radius 2 is 2.14 bits per heavy atom. The van der Waals surface area contributed by atoms with Gasteiger partial charge in [-0.25, -0.2) is 4.98 Å². The SMILES string of the molecule is Cn1nccc1CCNCc1nc2ccccc2c(=O)[nH]1. The van der Waals surface area contributed by atoms with Gasteiger partial charge < -0.3 is 10.3 Å². The Kier molecular flexibility index (Phi) is 3.79. The van der Waals surface area contributed by atoms with Crippen molar-refractivity contribution in [3.8, 4) is 0 Å². The van der Waals surface area contributed by atoms with Gasteiger partial charge in [-0.05, 0) is 18.2 Å². The maximum atomic E-state index is 11.9. The molecule has 0 atom stereocenters. The average Bonchev–Trinajstić information content (AvgIpc) is 2.89. The Morgan fingerprint density at radius 3 is 2.95 bits per heavy atom. The number of H-pyrrole nitrogens is 1. The third-order valence-corrected chi connectivity index (χ3v) is 3.43. The van der Waals surface area contributed by atoms with Crippen molar-refractivity contribution in [1.82, 2.24) is 25.1 Å². The van der Waals surface area contributed by atoms with Gasteiger partial charge in [-0.15, -0.1) is 0 Å². The summed E-state index contributed by atoms with van der Waals surface area (Å²) in [6.07, 6.45) is 2.67. The van der Waals surface area contributed by atoms with Crippen molar-refractivity contribution in [3.05, 3.63) is 58.4 Å². The lowest BCUT2D eigenvalue weighted by molar-refractivity contribution is 0.628. The number of para-hydroxylation sites is 1. The molecule has 2 N–H and O–H groups in total. The van der Waals surface area contributed by atoms with E-state index in [-0.39, 0.29) is 5.56 Å². The van der Waals surface area contributed by atoms with E-state index >= 15 is 0 Å². The summed E-state index contributed by atoms with van der Waals surface area (Å²) in [5.41, 5.74) is 1.80. The summed E-state index contributed by atoms with van der Waals surface area (Å²) < 4.78 is 1.86. The van der Waals surface area contributed by atoms with Gasteiger partial charge in [0.2, 0.25) is 0 Å². The lowest BCUT2D eigenvalue weighted by Crippen LogP contribution is -2.22. The van der Waals surface area contributed by atoms with E-state index in [1.54, 1.807) is 12.3 Å². The van der Waals surface area contributed by atoms with Crippen molar-refractivity contribution >= 4 is 10.9 Å². The molecule has 3 rings (SSSR count). The molecule has 0 aliphatic carbocycles. The van der Waals surface area contributed by atoms with Crippen LogP contribution in [0.5, 0.6) is 0 Å². The second-order valence-electron chi connectivity index (χ2n) is 4.90. The van der Waals surface area contributed by atoms with Gasteiger partial charge in [0.05, 0.1) is 17.4 Å². The van der Waals surface area contributed by atoms with Crippen LogP contribution in [0.25, 0.3) is 10.9 Å².